The standard InChI is InChI=1S/C14H10O3.C7H14/c15-13(11-7-3-1-4-8-11)17-14(16)12-9-5-2-6-10-12;1-7-5-3-2-4-6-7/h1-10H;7H,2-6H2,1H3. The van der Waals surface area contributed by atoms with Gasteiger partial charge < -0.3 is 4.74 Å². The molecule has 1 aliphatic rings. The predicted octanol–water partition coefficient (Wildman–Crippen LogP) is 5.27. The molecule has 0 aromatic heterocycles. The van der Waals surface area contributed by atoms with Crippen molar-refractivity contribution in [2.75, 3.05) is 0 Å². The first-order valence-electron chi connectivity index (χ1n) is 8.53. The van der Waals surface area contributed by atoms with Crippen molar-refractivity contribution in [2.24, 2.45) is 5.92 Å². The van der Waals surface area contributed by atoms with E-state index in [9.17, 15) is 9.59 Å². The van der Waals surface area contributed by atoms with Crippen LogP contribution in [0.15, 0.2) is 60.7 Å². The lowest BCUT2D eigenvalue weighted by molar-refractivity contribution is 0.0398. The monoisotopic (exact) mass is 324 g/mol. The van der Waals surface area contributed by atoms with Crippen LogP contribution in [0.4, 0.5) is 0 Å². The molecule has 0 saturated heterocycles. The molecule has 3 nitrogen and oxygen atoms in total. The summed E-state index contributed by atoms with van der Waals surface area (Å²) in [7, 11) is 0. The van der Waals surface area contributed by atoms with E-state index in [1.165, 1.54) is 32.1 Å². The molecule has 0 bridgehead atoms. The van der Waals surface area contributed by atoms with Crippen molar-refractivity contribution in [2.45, 2.75) is 39.0 Å². The minimum atomic E-state index is -0.639. The maximum Gasteiger partial charge on any atom is 0.346 e. The molecule has 0 N–H and O–H groups in total. The Balaban J connectivity index is 0.000000249. The van der Waals surface area contributed by atoms with Crippen molar-refractivity contribution < 1.29 is 14.3 Å². The fourth-order valence-electron chi connectivity index (χ4n) is 2.66. The van der Waals surface area contributed by atoms with Gasteiger partial charge in [-0.2, -0.15) is 0 Å². The summed E-state index contributed by atoms with van der Waals surface area (Å²) >= 11 is 0. The summed E-state index contributed by atoms with van der Waals surface area (Å²) in [6.07, 6.45) is 7.44. The van der Waals surface area contributed by atoms with E-state index in [4.69, 9.17) is 4.74 Å². The average Bonchev–Trinajstić information content (AvgIpc) is 2.64. The van der Waals surface area contributed by atoms with Crippen LogP contribution in [-0.4, -0.2) is 11.9 Å². The fraction of sp³-hybridized carbons (Fsp3) is 0.333. The van der Waals surface area contributed by atoms with Crippen LogP contribution >= 0.6 is 0 Å². The lowest BCUT2D eigenvalue weighted by Crippen LogP contribution is -2.12. The summed E-state index contributed by atoms with van der Waals surface area (Å²) in [6.45, 7) is 2.36. The quantitative estimate of drug-likeness (QED) is 0.558. The molecule has 0 heterocycles. The smallest absolute Gasteiger partial charge is 0.346 e. The molecule has 1 fully saturated rings. The SMILES string of the molecule is CC1CCCCC1.O=C(OC(=O)c1ccccc1)c1ccccc1. The van der Waals surface area contributed by atoms with Crippen molar-refractivity contribution in [1.82, 2.24) is 0 Å². The van der Waals surface area contributed by atoms with Gasteiger partial charge in [-0.25, -0.2) is 9.59 Å². The number of hydrogen-bond acceptors (Lipinski definition) is 3. The first kappa shape index (κ1) is 17.9. The molecule has 2 aromatic rings. The zero-order valence-corrected chi connectivity index (χ0v) is 14.1. The van der Waals surface area contributed by atoms with Gasteiger partial charge in [0.1, 0.15) is 0 Å². The molecule has 1 saturated carbocycles. The van der Waals surface area contributed by atoms with Gasteiger partial charge in [-0.05, 0) is 30.2 Å². The summed E-state index contributed by atoms with van der Waals surface area (Å²) < 4.78 is 4.74. The zero-order chi connectivity index (χ0) is 17.2. The minimum Gasteiger partial charge on any atom is -0.386 e. The third-order valence-corrected chi connectivity index (χ3v) is 4.10. The third-order valence-electron chi connectivity index (χ3n) is 4.10. The Morgan fingerprint density at radius 2 is 1.17 bits per heavy atom. The summed E-state index contributed by atoms with van der Waals surface area (Å²) in [5.41, 5.74) is 0.716. The average molecular weight is 324 g/mol. The van der Waals surface area contributed by atoms with E-state index in [1.54, 1.807) is 60.7 Å². The molecule has 1 aliphatic carbocycles. The van der Waals surface area contributed by atoms with E-state index >= 15 is 0 Å². The van der Waals surface area contributed by atoms with E-state index in [2.05, 4.69) is 6.92 Å². The van der Waals surface area contributed by atoms with Gasteiger partial charge in [0.2, 0.25) is 0 Å². The highest BCUT2D eigenvalue weighted by Gasteiger charge is 2.13. The van der Waals surface area contributed by atoms with Crippen LogP contribution in [0.2, 0.25) is 0 Å². The first-order chi connectivity index (χ1) is 11.7. The molecular formula is C21H24O3. The van der Waals surface area contributed by atoms with Crippen LogP contribution in [-0.2, 0) is 4.74 Å². The van der Waals surface area contributed by atoms with E-state index in [1.807, 2.05) is 0 Å². The van der Waals surface area contributed by atoms with E-state index in [0.717, 1.165) is 5.92 Å². The van der Waals surface area contributed by atoms with Gasteiger partial charge in [-0.1, -0.05) is 75.4 Å². The highest BCUT2D eigenvalue weighted by molar-refractivity contribution is 6.02. The van der Waals surface area contributed by atoms with Crippen molar-refractivity contribution in [3.8, 4) is 0 Å². The summed E-state index contributed by atoms with van der Waals surface area (Å²) in [6, 6.07) is 16.8. The number of rotatable bonds is 2. The molecule has 3 rings (SSSR count). The Kier molecular flexibility index (Phi) is 7.21. The number of benzene rings is 2. The van der Waals surface area contributed by atoms with Crippen LogP contribution < -0.4 is 0 Å². The van der Waals surface area contributed by atoms with Gasteiger partial charge in [-0.15, -0.1) is 0 Å². The second-order valence-electron chi connectivity index (χ2n) is 6.15. The molecule has 126 valence electrons. The molecule has 3 heteroatoms. The van der Waals surface area contributed by atoms with Crippen molar-refractivity contribution in [1.29, 1.82) is 0 Å². The topological polar surface area (TPSA) is 43.4 Å². The molecule has 0 amide bonds. The Morgan fingerprint density at radius 1 is 0.750 bits per heavy atom. The highest BCUT2D eigenvalue weighted by Crippen LogP contribution is 2.22. The minimum absolute atomic E-state index is 0.358. The summed E-state index contributed by atoms with van der Waals surface area (Å²) in [4.78, 5) is 23.2. The van der Waals surface area contributed by atoms with Crippen molar-refractivity contribution in [3.05, 3.63) is 71.8 Å². The first-order valence-corrected chi connectivity index (χ1v) is 8.53. The van der Waals surface area contributed by atoms with Crippen LogP contribution in [0.1, 0.15) is 59.7 Å². The summed E-state index contributed by atoms with van der Waals surface area (Å²) in [5.74, 6) is -0.243. The third kappa shape index (κ3) is 5.99. The molecule has 0 radical (unpaired) electrons. The molecule has 2 aromatic carbocycles. The number of carbonyl (C=O) groups excluding carboxylic acids is 2. The number of hydrogen-bond donors (Lipinski definition) is 0. The van der Waals surface area contributed by atoms with Crippen LogP contribution in [0.25, 0.3) is 0 Å². The zero-order valence-electron chi connectivity index (χ0n) is 14.1. The second-order valence-corrected chi connectivity index (χ2v) is 6.15. The molecule has 0 atom stereocenters. The van der Waals surface area contributed by atoms with Crippen LogP contribution in [0.3, 0.4) is 0 Å². The van der Waals surface area contributed by atoms with Crippen LogP contribution in [0.5, 0.6) is 0 Å². The lowest BCUT2D eigenvalue weighted by Gasteiger charge is -2.15. The van der Waals surface area contributed by atoms with Gasteiger partial charge >= 0.3 is 11.9 Å². The molecule has 0 unspecified atom stereocenters. The summed E-state index contributed by atoms with van der Waals surface area (Å²) in [5, 5.41) is 0. The van der Waals surface area contributed by atoms with E-state index in [0.29, 0.717) is 11.1 Å². The predicted molar refractivity (Wildman–Crippen MR) is 94.9 cm³/mol. The Bertz CT molecular complexity index is 579. The largest absolute Gasteiger partial charge is 0.386 e. The van der Waals surface area contributed by atoms with Gasteiger partial charge in [0, 0.05) is 0 Å². The van der Waals surface area contributed by atoms with Gasteiger partial charge in [-0.3, -0.25) is 0 Å². The highest BCUT2D eigenvalue weighted by atomic mass is 16.6. The van der Waals surface area contributed by atoms with Crippen LogP contribution in [0, 0.1) is 5.92 Å². The normalized spacial score (nSPS) is 14.2. The van der Waals surface area contributed by atoms with Crippen molar-refractivity contribution >= 4 is 11.9 Å². The van der Waals surface area contributed by atoms with Gasteiger partial charge in [0.05, 0.1) is 11.1 Å². The van der Waals surface area contributed by atoms with Gasteiger partial charge in [0.15, 0.2) is 0 Å². The second kappa shape index (κ2) is 9.66. The molecule has 24 heavy (non-hydrogen) atoms. The Morgan fingerprint density at radius 3 is 1.50 bits per heavy atom. The Labute approximate surface area is 143 Å². The molecule has 0 spiro atoms. The van der Waals surface area contributed by atoms with E-state index < -0.39 is 11.9 Å². The number of carbonyl (C=O) groups is 2. The molecule has 0 aliphatic heterocycles. The molecular weight excluding hydrogens is 300 g/mol. The maximum atomic E-state index is 11.6. The maximum absolute atomic E-state index is 11.6. The number of ether oxygens (including phenoxy) is 1. The van der Waals surface area contributed by atoms with Crippen molar-refractivity contribution in [3.63, 3.8) is 0 Å². The van der Waals surface area contributed by atoms with E-state index in [-0.39, 0.29) is 0 Å². The number of esters is 2. The fourth-order valence-corrected chi connectivity index (χ4v) is 2.66. The van der Waals surface area contributed by atoms with Gasteiger partial charge in [0.25, 0.3) is 0 Å². The Hall–Kier alpha value is -2.42. The lowest BCUT2D eigenvalue weighted by atomic mass is 9.91.